The standard InChI is InChI=1S/C10H14N2O2S/c1-10(2)8-7(4-6-15-8)3-5-12(10)11-9(13)14/h4,6,11H,3,5H2,1-2H3,(H,13,14). The molecule has 1 aromatic heterocycles. The lowest BCUT2D eigenvalue weighted by atomic mass is 9.93. The first-order chi connectivity index (χ1) is 7.01. The van der Waals surface area contributed by atoms with E-state index in [0.717, 1.165) is 13.0 Å². The van der Waals surface area contributed by atoms with Crippen LogP contribution in [-0.4, -0.2) is 22.8 Å². The van der Waals surface area contributed by atoms with Crippen LogP contribution in [0.3, 0.4) is 0 Å². The second-order valence-corrected chi connectivity index (χ2v) is 5.07. The van der Waals surface area contributed by atoms with Crippen LogP contribution in [0.1, 0.15) is 24.3 Å². The smallest absolute Gasteiger partial charge is 0.419 e. The molecule has 4 nitrogen and oxygen atoms in total. The Morgan fingerprint density at radius 1 is 1.67 bits per heavy atom. The fraction of sp³-hybridized carbons (Fsp3) is 0.500. The van der Waals surface area contributed by atoms with Gasteiger partial charge in [-0.1, -0.05) is 0 Å². The maximum Gasteiger partial charge on any atom is 0.419 e. The van der Waals surface area contributed by atoms with Gasteiger partial charge in [-0.2, -0.15) is 0 Å². The van der Waals surface area contributed by atoms with Crippen molar-refractivity contribution in [2.45, 2.75) is 25.8 Å². The van der Waals surface area contributed by atoms with Gasteiger partial charge >= 0.3 is 6.09 Å². The van der Waals surface area contributed by atoms with E-state index in [1.807, 2.05) is 13.8 Å². The van der Waals surface area contributed by atoms with E-state index in [0.29, 0.717) is 0 Å². The molecule has 0 aliphatic carbocycles. The molecule has 1 aliphatic heterocycles. The summed E-state index contributed by atoms with van der Waals surface area (Å²) < 4.78 is 0. The van der Waals surface area contributed by atoms with Crippen molar-refractivity contribution in [2.75, 3.05) is 6.54 Å². The monoisotopic (exact) mass is 226 g/mol. The number of hydrazine groups is 1. The molecule has 0 radical (unpaired) electrons. The first kappa shape index (κ1) is 10.4. The van der Waals surface area contributed by atoms with Crippen LogP contribution in [0.25, 0.3) is 0 Å². The number of thiophene rings is 1. The average Bonchev–Trinajstić information content (AvgIpc) is 2.58. The van der Waals surface area contributed by atoms with Gasteiger partial charge in [-0.3, -0.25) is 5.43 Å². The molecule has 0 spiro atoms. The zero-order chi connectivity index (χ0) is 11.1. The molecule has 2 rings (SSSR count). The van der Waals surface area contributed by atoms with Crippen LogP contribution < -0.4 is 5.43 Å². The van der Waals surface area contributed by atoms with Crippen LogP contribution in [0.5, 0.6) is 0 Å². The summed E-state index contributed by atoms with van der Waals surface area (Å²) >= 11 is 1.69. The minimum atomic E-state index is -0.997. The van der Waals surface area contributed by atoms with Crippen molar-refractivity contribution in [3.05, 3.63) is 21.9 Å². The number of rotatable bonds is 1. The lowest BCUT2D eigenvalue weighted by molar-refractivity contribution is 0.0499. The van der Waals surface area contributed by atoms with Crippen molar-refractivity contribution in [1.82, 2.24) is 10.4 Å². The van der Waals surface area contributed by atoms with E-state index in [1.54, 1.807) is 16.3 Å². The number of fused-ring (bicyclic) bond motifs is 1. The summed E-state index contributed by atoms with van der Waals surface area (Å²) in [4.78, 5) is 11.9. The maximum atomic E-state index is 10.7. The Bertz CT molecular complexity index is 387. The van der Waals surface area contributed by atoms with Crippen LogP contribution in [0, 0.1) is 0 Å². The molecule has 0 saturated heterocycles. The van der Waals surface area contributed by atoms with E-state index < -0.39 is 6.09 Å². The van der Waals surface area contributed by atoms with Crippen molar-refractivity contribution in [3.8, 4) is 0 Å². The summed E-state index contributed by atoms with van der Waals surface area (Å²) in [6.45, 7) is 4.80. The fourth-order valence-corrected chi connectivity index (χ4v) is 3.10. The lowest BCUT2D eigenvalue weighted by Gasteiger charge is -2.41. The van der Waals surface area contributed by atoms with Crippen molar-refractivity contribution < 1.29 is 9.90 Å². The molecule has 2 N–H and O–H groups in total. The minimum Gasteiger partial charge on any atom is -0.464 e. The highest BCUT2D eigenvalue weighted by Crippen LogP contribution is 2.37. The molecule has 0 unspecified atom stereocenters. The SMILES string of the molecule is CC1(C)c2sccc2CCN1NC(=O)O. The van der Waals surface area contributed by atoms with Crippen LogP contribution in [-0.2, 0) is 12.0 Å². The maximum absolute atomic E-state index is 10.7. The summed E-state index contributed by atoms with van der Waals surface area (Å²) in [5.74, 6) is 0. The van der Waals surface area contributed by atoms with Gasteiger partial charge in [0.15, 0.2) is 0 Å². The van der Waals surface area contributed by atoms with Crippen molar-refractivity contribution in [2.24, 2.45) is 0 Å². The molecule has 1 amide bonds. The molecule has 1 aromatic rings. The quantitative estimate of drug-likeness (QED) is 0.770. The van der Waals surface area contributed by atoms with Gasteiger partial charge in [0, 0.05) is 11.4 Å². The third-order valence-electron chi connectivity index (χ3n) is 2.81. The van der Waals surface area contributed by atoms with E-state index in [9.17, 15) is 4.79 Å². The molecule has 1 aliphatic rings. The second-order valence-electron chi connectivity index (χ2n) is 4.15. The molecular weight excluding hydrogens is 212 g/mol. The highest BCUT2D eigenvalue weighted by molar-refractivity contribution is 7.10. The number of hydrogen-bond acceptors (Lipinski definition) is 3. The molecule has 0 atom stereocenters. The van der Waals surface area contributed by atoms with Crippen molar-refractivity contribution in [3.63, 3.8) is 0 Å². The molecule has 82 valence electrons. The van der Waals surface area contributed by atoms with Gasteiger partial charge in [-0.25, -0.2) is 9.80 Å². The third-order valence-corrected chi connectivity index (χ3v) is 4.08. The summed E-state index contributed by atoms with van der Waals surface area (Å²) in [6, 6.07) is 2.12. The number of carboxylic acid groups (broad SMARTS) is 1. The van der Waals surface area contributed by atoms with Crippen molar-refractivity contribution in [1.29, 1.82) is 0 Å². The number of nitrogens with zero attached hydrogens (tertiary/aromatic N) is 1. The highest BCUT2D eigenvalue weighted by Gasteiger charge is 2.36. The lowest BCUT2D eigenvalue weighted by Crippen LogP contribution is -2.54. The van der Waals surface area contributed by atoms with E-state index >= 15 is 0 Å². The Morgan fingerprint density at radius 2 is 2.40 bits per heavy atom. The van der Waals surface area contributed by atoms with Gasteiger partial charge < -0.3 is 5.11 Å². The van der Waals surface area contributed by atoms with Gasteiger partial charge in [-0.05, 0) is 37.3 Å². The minimum absolute atomic E-state index is 0.250. The summed E-state index contributed by atoms with van der Waals surface area (Å²) in [5.41, 5.74) is 3.55. The second kappa shape index (κ2) is 3.50. The van der Waals surface area contributed by atoms with Gasteiger partial charge in [0.25, 0.3) is 0 Å². The summed E-state index contributed by atoms with van der Waals surface area (Å²) in [5, 5.41) is 12.6. The molecule has 0 aromatic carbocycles. The predicted octanol–water partition coefficient (Wildman–Crippen LogP) is 2.02. The Labute approximate surface area is 92.5 Å². The molecule has 0 fully saturated rings. The van der Waals surface area contributed by atoms with Crippen LogP contribution in [0.15, 0.2) is 11.4 Å². The van der Waals surface area contributed by atoms with Gasteiger partial charge in [0.2, 0.25) is 0 Å². The molecule has 5 heteroatoms. The van der Waals surface area contributed by atoms with E-state index in [-0.39, 0.29) is 5.54 Å². The Morgan fingerprint density at radius 3 is 3.07 bits per heavy atom. The van der Waals surface area contributed by atoms with Crippen molar-refractivity contribution >= 4 is 17.4 Å². The Balaban J connectivity index is 2.30. The molecule has 0 saturated carbocycles. The van der Waals surface area contributed by atoms with E-state index in [2.05, 4.69) is 16.9 Å². The van der Waals surface area contributed by atoms with Crippen LogP contribution in [0.2, 0.25) is 0 Å². The predicted molar refractivity (Wildman–Crippen MR) is 58.9 cm³/mol. The first-order valence-electron chi connectivity index (χ1n) is 4.86. The number of carbonyl (C=O) groups is 1. The Hall–Kier alpha value is -1.07. The largest absolute Gasteiger partial charge is 0.464 e. The summed E-state index contributed by atoms with van der Waals surface area (Å²) in [6.07, 6.45) is -0.0918. The normalized spacial score (nSPS) is 19.6. The number of nitrogens with one attached hydrogen (secondary N) is 1. The van der Waals surface area contributed by atoms with Crippen LogP contribution >= 0.6 is 11.3 Å². The third kappa shape index (κ3) is 1.72. The number of amides is 1. The molecule has 15 heavy (non-hydrogen) atoms. The summed E-state index contributed by atoms with van der Waals surface area (Å²) in [7, 11) is 0. The van der Waals surface area contributed by atoms with Gasteiger partial charge in [-0.15, -0.1) is 11.3 Å². The van der Waals surface area contributed by atoms with E-state index in [4.69, 9.17) is 5.11 Å². The Kier molecular flexibility index (Phi) is 2.44. The zero-order valence-electron chi connectivity index (χ0n) is 8.78. The molecule has 0 bridgehead atoms. The topological polar surface area (TPSA) is 52.6 Å². The van der Waals surface area contributed by atoms with E-state index in [1.165, 1.54) is 10.4 Å². The molecular formula is C10H14N2O2S. The highest BCUT2D eigenvalue weighted by atomic mass is 32.1. The first-order valence-corrected chi connectivity index (χ1v) is 5.74. The number of hydrogen-bond donors (Lipinski definition) is 2. The molecule has 2 heterocycles. The fourth-order valence-electron chi connectivity index (χ4n) is 2.02. The average molecular weight is 226 g/mol. The zero-order valence-corrected chi connectivity index (χ0v) is 9.60. The van der Waals surface area contributed by atoms with Gasteiger partial charge in [0.05, 0.1) is 5.54 Å². The van der Waals surface area contributed by atoms with Crippen LogP contribution in [0.4, 0.5) is 4.79 Å². The van der Waals surface area contributed by atoms with Gasteiger partial charge in [0.1, 0.15) is 0 Å².